The molecule has 0 unspecified atom stereocenters. The van der Waals surface area contributed by atoms with Crippen LogP contribution in [0.4, 0.5) is 0 Å². The monoisotopic (exact) mass is 315 g/mol. The van der Waals surface area contributed by atoms with Gasteiger partial charge in [-0.15, -0.1) is 0 Å². The minimum absolute atomic E-state index is 0.00287. The van der Waals surface area contributed by atoms with Gasteiger partial charge >= 0.3 is 0 Å². The number of furan rings is 1. The van der Waals surface area contributed by atoms with E-state index in [1.807, 2.05) is 0 Å². The number of hydrogen-bond acceptors (Lipinski definition) is 5. The van der Waals surface area contributed by atoms with Crippen LogP contribution in [-0.2, 0) is 11.3 Å². The number of nitrogens with one attached hydrogen (secondary N) is 1. The number of carbonyl (C=O) groups excluding carboxylic acids is 1. The number of amides is 1. The van der Waals surface area contributed by atoms with Crippen LogP contribution in [0.1, 0.15) is 17.1 Å². The van der Waals surface area contributed by atoms with Gasteiger partial charge in [-0.1, -0.05) is 0 Å². The Bertz CT molecular complexity index is 768. The smallest absolute Gasteiger partial charge is 0.277 e. The molecule has 0 saturated carbocycles. The Hall–Kier alpha value is -2.67. The Morgan fingerprint density at radius 1 is 1.45 bits per heavy atom. The van der Waals surface area contributed by atoms with Crippen molar-refractivity contribution >= 4 is 29.3 Å². The Balaban J connectivity index is 1.87. The number of rotatable bonds is 3. The average Bonchev–Trinajstić information content (AvgIpc) is 3.08. The Kier molecular flexibility index (Phi) is 3.64. The summed E-state index contributed by atoms with van der Waals surface area (Å²) in [7, 11) is 0. The average molecular weight is 315 g/mol. The van der Waals surface area contributed by atoms with E-state index < -0.39 is 0 Å². The van der Waals surface area contributed by atoms with E-state index in [1.54, 1.807) is 25.1 Å². The quantitative estimate of drug-likeness (QED) is 0.666. The number of pyridine rings is 1. The van der Waals surface area contributed by atoms with Crippen LogP contribution < -0.4 is 5.32 Å². The van der Waals surface area contributed by atoms with Crippen molar-refractivity contribution in [2.75, 3.05) is 0 Å². The van der Waals surface area contributed by atoms with Crippen molar-refractivity contribution in [1.29, 1.82) is 0 Å². The minimum atomic E-state index is -0.288. The minimum Gasteiger partial charge on any atom is -0.506 e. The van der Waals surface area contributed by atoms with Crippen molar-refractivity contribution in [3.63, 3.8) is 0 Å². The first-order chi connectivity index (χ1) is 10.5. The maximum Gasteiger partial charge on any atom is 0.277 e. The van der Waals surface area contributed by atoms with Crippen molar-refractivity contribution in [2.24, 2.45) is 0 Å². The molecule has 2 aromatic heterocycles. The number of thiocarbonyl (C=S) groups is 1. The lowest BCUT2D eigenvalue weighted by atomic mass is 10.2. The highest BCUT2D eigenvalue weighted by Crippen LogP contribution is 2.21. The van der Waals surface area contributed by atoms with E-state index in [0.29, 0.717) is 16.6 Å². The molecule has 1 aliphatic heterocycles. The van der Waals surface area contributed by atoms with Crippen LogP contribution in [0, 0.1) is 6.92 Å². The summed E-state index contributed by atoms with van der Waals surface area (Å²) in [6.07, 6.45) is 3.02. The molecule has 7 heteroatoms. The number of hydrogen-bond donors (Lipinski definition) is 2. The van der Waals surface area contributed by atoms with E-state index in [1.165, 1.54) is 23.3 Å². The van der Waals surface area contributed by atoms with E-state index in [4.69, 9.17) is 16.6 Å². The predicted octanol–water partition coefficient (Wildman–Crippen LogP) is 1.95. The van der Waals surface area contributed by atoms with Gasteiger partial charge in [-0.25, -0.2) is 4.98 Å². The molecule has 1 fully saturated rings. The maximum absolute atomic E-state index is 12.4. The molecule has 1 amide bonds. The van der Waals surface area contributed by atoms with Gasteiger partial charge in [-0.05, 0) is 49.5 Å². The van der Waals surface area contributed by atoms with Crippen LogP contribution in [0.2, 0.25) is 0 Å². The highest BCUT2D eigenvalue weighted by Gasteiger charge is 2.31. The summed E-state index contributed by atoms with van der Waals surface area (Å²) in [5, 5.41) is 12.9. The van der Waals surface area contributed by atoms with Gasteiger partial charge in [0, 0.05) is 5.69 Å². The van der Waals surface area contributed by atoms with Crippen LogP contribution >= 0.6 is 12.2 Å². The summed E-state index contributed by atoms with van der Waals surface area (Å²) < 4.78 is 5.23. The Morgan fingerprint density at radius 2 is 2.27 bits per heavy atom. The molecule has 0 radical (unpaired) electrons. The van der Waals surface area contributed by atoms with E-state index in [9.17, 15) is 9.90 Å². The molecule has 0 bridgehead atoms. The second-order valence-corrected chi connectivity index (χ2v) is 5.20. The molecule has 0 aromatic carbocycles. The number of aromatic hydroxyl groups is 1. The van der Waals surface area contributed by atoms with Gasteiger partial charge in [0.25, 0.3) is 5.91 Å². The van der Waals surface area contributed by atoms with E-state index in [2.05, 4.69) is 10.3 Å². The van der Waals surface area contributed by atoms with Crippen molar-refractivity contribution in [1.82, 2.24) is 15.2 Å². The molecule has 3 heterocycles. The van der Waals surface area contributed by atoms with Crippen LogP contribution in [0.3, 0.4) is 0 Å². The zero-order valence-electron chi connectivity index (χ0n) is 11.7. The third kappa shape index (κ3) is 2.71. The zero-order chi connectivity index (χ0) is 15.7. The lowest BCUT2D eigenvalue weighted by molar-refractivity contribution is -0.122. The number of aromatic nitrogens is 1. The van der Waals surface area contributed by atoms with Crippen LogP contribution in [-0.4, -0.2) is 26.0 Å². The molecule has 2 N–H and O–H groups in total. The molecular weight excluding hydrogens is 302 g/mol. The zero-order valence-corrected chi connectivity index (χ0v) is 12.6. The Labute approximate surface area is 132 Å². The molecule has 1 saturated heterocycles. The van der Waals surface area contributed by atoms with Crippen molar-refractivity contribution in [2.45, 2.75) is 13.5 Å². The number of nitrogens with zero attached hydrogens (tertiary/aromatic N) is 2. The van der Waals surface area contributed by atoms with Gasteiger partial charge in [0.15, 0.2) is 5.11 Å². The van der Waals surface area contributed by atoms with E-state index in [-0.39, 0.29) is 23.9 Å². The fourth-order valence-electron chi connectivity index (χ4n) is 2.09. The lowest BCUT2D eigenvalue weighted by Gasteiger charge is -2.11. The molecule has 2 aromatic rings. The third-order valence-corrected chi connectivity index (χ3v) is 3.50. The fraction of sp³-hybridized carbons (Fsp3) is 0.133. The summed E-state index contributed by atoms with van der Waals surface area (Å²) in [6, 6.07) is 6.74. The first-order valence-electron chi connectivity index (χ1n) is 6.58. The summed E-state index contributed by atoms with van der Waals surface area (Å²) >= 11 is 5.17. The van der Waals surface area contributed by atoms with Gasteiger partial charge in [0.05, 0.1) is 12.8 Å². The molecule has 22 heavy (non-hydrogen) atoms. The molecule has 3 rings (SSSR count). The number of carbonyl (C=O) groups is 1. The van der Waals surface area contributed by atoms with Crippen molar-refractivity contribution in [3.8, 4) is 5.75 Å². The van der Waals surface area contributed by atoms with Gasteiger partial charge in [-0.2, -0.15) is 0 Å². The topological polar surface area (TPSA) is 78.6 Å². The van der Waals surface area contributed by atoms with Gasteiger partial charge < -0.3 is 14.8 Å². The Morgan fingerprint density at radius 3 is 3.00 bits per heavy atom. The molecule has 0 spiro atoms. The van der Waals surface area contributed by atoms with Crippen LogP contribution in [0.5, 0.6) is 5.75 Å². The molecule has 112 valence electrons. The lowest BCUT2D eigenvalue weighted by Crippen LogP contribution is -2.29. The standard InChI is InChI=1S/C15H13N3O3S/c1-9-4-5-13(19)11(16-9)7-12-14(20)18(15(22)17-12)8-10-3-2-6-21-10/h2-7,19H,8H2,1H3,(H,17,22)/b12-7-. The SMILES string of the molecule is Cc1ccc(O)c(/C=C2\NC(=S)N(Cc3ccco3)C2=O)n1. The summed E-state index contributed by atoms with van der Waals surface area (Å²) in [5.41, 5.74) is 1.33. The molecule has 0 aliphatic carbocycles. The number of aryl methyl sites for hydroxylation is 1. The first kappa shape index (κ1) is 14.3. The van der Waals surface area contributed by atoms with Crippen LogP contribution in [0.15, 0.2) is 40.6 Å². The van der Waals surface area contributed by atoms with Crippen molar-refractivity contribution in [3.05, 3.63) is 53.4 Å². The second-order valence-electron chi connectivity index (χ2n) is 4.82. The van der Waals surface area contributed by atoms with Crippen molar-refractivity contribution < 1.29 is 14.3 Å². The first-order valence-corrected chi connectivity index (χ1v) is 6.99. The molecule has 1 aliphatic rings. The largest absolute Gasteiger partial charge is 0.506 e. The molecule has 6 nitrogen and oxygen atoms in total. The van der Waals surface area contributed by atoms with Crippen LogP contribution in [0.25, 0.3) is 6.08 Å². The van der Waals surface area contributed by atoms with Gasteiger partial charge in [0.1, 0.15) is 22.9 Å². The van der Waals surface area contributed by atoms with E-state index in [0.717, 1.165) is 5.69 Å². The summed E-state index contributed by atoms with van der Waals surface area (Å²) in [5.74, 6) is 0.350. The second kappa shape index (κ2) is 5.61. The van der Waals surface area contributed by atoms with Gasteiger partial charge in [-0.3, -0.25) is 9.69 Å². The molecular formula is C15H13N3O3S. The van der Waals surface area contributed by atoms with Gasteiger partial charge in [0.2, 0.25) is 0 Å². The van der Waals surface area contributed by atoms with E-state index >= 15 is 0 Å². The summed E-state index contributed by atoms with van der Waals surface area (Å²) in [4.78, 5) is 18.0. The normalized spacial score (nSPS) is 16.4. The third-order valence-electron chi connectivity index (χ3n) is 3.18. The highest BCUT2D eigenvalue weighted by molar-refractivity contribution is 7.80. The highest BCUT2D eigenvalue weighted by atomic mass is 32.1. The maximum atomic E-state index is 12.4. The fourth-order valence-corrected chi connectivity index (χ4v) is 2.34. The predicted molar refractivity (Wildman–Crippen MR) is 83.6 cm³/mol. The molecule has 0 atom stereocenters. The summed E-state index contributed by atoms with van der Waals surface area (Å²) in [6.45, 7) is 2.06.